The Morgan fingerprint density at radius 3 is 2.53 bits per heavy atom. The zero-order valence-corrected chi connectivity index (χ0v) is 9.96. The predicted octanol–water partition coefficient (Wildman–Crippen LogP) is 1.67. The molecule has 0 aromatic rings. The van der Waals surface area contributed by atoms with Gasteiger partial charge in [-0.3, -0.25) is 4.79 Å². The maximum Gasteiger partial charge on any atom is 0.236 e. The quantitative estimate of drug-likeness (QED) is 0.744. The van der Waals surface area contributed by atoms with E-state index in [4.69, 9.17) is 5.73 Å². The molecule has 0 aromatic heterocycles. The highest BCUT2D eigenvalue weighted by Crippen LogP contribution is 2.29. The number of hydrogen-bond donors (Lipinski definition) is 2. The molecule has 1 rings (SSSR count). The minimum absolute atomic E-state index is 0.0285. The van der Waals surface area contributed by atoms with Gasteiger partial charge in [0.1, 0.15) is 0 Å². The molecule has 3 N–H and O–H groups in total. The molecule has 1 aliphatic rings. The highest BCUT2D eigenvalue weighted by Gasteiger charge is 2.18. The van der Waals surface area contributed by atoms with Crippen molar-refractivity contribution < 1.29 is 4.79 Å². The molecule has 1 saturated carbocycles. The summed E-state index contributed by atoms with van der Waals surface area (Å²) in [6.45, 7) is 4.84. The summed E-state index contributed by atoms with van der Waals surface area (Å²) >= 11 is 0. The first-order valence-electron chi connectivity index (χ1n) is 6.13. The summed E-state index contributed by atoms with van der Waals surface area (Å²) in [5, 5.41) is 2.88. The molecule has 0 aliphatic heterocycles. The average Bonchev–Trinajstić information content (AvgIpc) is 2.20. The van der Waals surface area contributed by atoms with Crippen molar-refractivity contribution >= 4 is 5.91 Å². The molecule has 88 valence electrons. The fourth-order valence-electron chi connectivity index (χ4n) is 2.18. The van der Waals surface area contributed by atoms with Gasteiger partial charge in [0.2, 0.25) is 5.91 Å². The lowest BCUT2D eigenvalue weighted by Gasteiger charge is -2.26. The summed E-state index contributed by atoms with van der Waals surface area (Å²) in [6.07, 6.45) is 6.48. The van der Waals surface area contributed by atoms with Crippen LogP contribution in [0, 0.1) is 11.8 Å². The van der Waals surface area contributed by atoms with Crippen molar-refractivity contribution in [3.05, 3.63) is 0 Å². The van der Waals surface area contributed by atoms with E-state index in [0.717, 1.165) is 24.8 Å². The Labute approximate surface area is 92.8 Å². The van der Waals surface area contributed by atoms with Gasteiger partial charge in [-0.05, 0) is 25.2 Å². The molecule has 3 nitrogen and oxygen atoms in total. The summed E-state index contributed by atoms with van der Waals surface area (Å²) in [4.78, 5) is 11.2. The van der Waals surface area contributed by atoms with Crippen LogP contribution in [0.25, 0.3) is 0 Å². The van der Waals surface area contributed by atoms with Crippen LogP contribution in [-0.4, -0.2) is 18.5 Å². The van der Waals surface area contributed by atoms with Crippen LogP contribution in [0.2, 0.25) is 0 Å². The van der Waals surface area contributed by atoms with Gasteiger partial charge in [0.25, 0.3) is 0 Å². The van der Waals surface area contributed by atoms with E-state index in [1.807, 2.05) is 0 Å². The molecule has 1 atom stereocenters. The van der Waals surface area contributed by atoms with Gasteiger partial charge in [-0.25, -0.2) is 0 Å². The minimum atomic E-state index is -0.378. The Kier molecular flexibility index (Phi) is 5.09. The third-order valence-corrected chi connectivity index (χ3v) is 3.40. The second kappa shape index (κ2) is 6.11. The molecule has 0 heterocycles. The van der Waals surface area contributed by atoms with Crippen LogP contribution in [0.5, 0.6) is 0 Å². The number of hydrogen-bond acceptors (Lipinski definition) is 2. The molecule has 15 heavy (non-hydrogen) atoms. The van der Waals surface area contributed by atoms with Gasteiger partial charge in [0, 0.05) is 6.54 Å². The number of rotatable bonds is 4. The van der Waals surface area contributed by atoms with E-state index in [1.54, 1.807) is 6.92 Å². The monoisotopic (exact) mass is 212 g/mol. The van der Waals surface area contributed by atoms with E-state index in [9.17, 15) is 4.79 Å². The number of nitrogens with one attached hydrogen (secondary N) is 1. The lowest BCUT2D eigenvalue weighted by atomic mass is 9.81. The zero-order valence-electron chi connectivity index (χ0n) is 9.96. The highest BCUT2D eigenvalue weighted by atomic mass is 16.2. The van der Waals surface area contributed by atoms with E-state index in [0.29, 0.717) is 0 Å². The summed E-state index contributed by atoms with van der Waals surface area (Å²) in [5.74, 6) is 1.69. The van der Waals surface area contributed by atoms with Crippen LogP contribution in [0.1, 0.15) is 46.0 Å². The molecule has 0 aromatic carbocycles. The van der Waals surface area contributed by atoms with Crippen LogP contribution in [0.15, 0.2) is 0 Å². The van der Waals surface area contributed by atoms with Gasteiger partial charge in [-0.2, -0.15) is 0 Å². The van der Waals surface area contributed by atoms with Gasteiger partial charge < -0.3 is 11.1 Å². The molecule has 1 unspecified atom stereocenters. The summed E-state index contributed by atoms with van der Waals surface area (Å²) < 4.78 is 0. The van der Waals surface area contributed by atoms with Gasteiger partial charge in [0.15, 0.2) is 0 Å². The van der Waals surface area contributed by atoms with Crippen molar-refractivity contribution in [1.29, 1.82) is 0 Å². The lowest BCUT2D eigenvalue weighted by Crippen LogP contribution is -2.39. The van der Waals surface area contributed by atoms with E-state index in [1.165, 1.54) is 25.7 Å². The third kappa shape index (κ3) is 4.65. The highest BCUT2D eigenvalue weighted by molar-refractivity contribution is 5.80. The predicted molar refractivity (Wildman–Crippen MR) is 62.4 cm³/mol. The molecular weight excluding hydrogens is 188 g/mol. The fraction of sp³-hybridized carbons (Fsp3) is 0.917. The molecule has 1 aliphatic carbocycles. The number of amides is 1. The number of carbonyl (C=O) groups is 1. The fourth-order valence-corrected chi connectivity index (χ4v) is 2.18. The first kappa shape index (κ1) is 12.5. The van der Waals surface area contributed by atoms with Crippen LogP contribution < -0.4 is 11.1 Å². The third-order valence-electron chi connectivity index (χ3n) is 3.40. The number of nitrogens with two attached hydrogens (primary N) is 1. The Bertz CT molecular complexity index is 196. The molecule has 0 saturated heterocycles. The van der Waals surface area contributed by atoms with Crippen molar-refractivity contribution in [2.75, 3.05) is 6.54 Å². The van der Waals surface area contributed by atoms with Crippen molar-refractivity contribution in [2.45, 2.75) is 52.0 Å². The van der Waals surface area contributed by atoms with E-state index >= 15 is 0 Å². The first-order valence-corrected chi connectivity index (χ1v) is 6.13. The minimum Gasteiger partial charge on any atom is -0.355 e. The molecule has 3 heteroatoms. The lowest BCUT2D eigenvalue weighted by molar-refractivity contribution is -0.122. The second-order valence-corrected chi connectivity index (χ2v) is 4.99. The standard InChI is InChI=1S/C12H24N2O/c1-9-3-5-11(6-4-9)7-8-14-12(15)10(2)13/h9-11H,3-8,13H2,1-2H3,(H,14,15). The molecule has 0 bridgehead atoms. The maximum atomic E-state index is 11.2. The summed E-state index contributed by atoms with van der Waals surface area (Å²) in [7, 11) is 0. The van der Waals surface area contributed by atoms with Gasteiger partial charge in [0.05, 0.1) is 6.04 Å². The Hall–Kier alpha value is -0.570. The van der Waals surface area contributed by atoms with E-state index < -0.39 is 0 Å². The average molecular weight is 212 g/mol. The van der Waals surface area contributed by atoms with E-state index in [-0.39, 0.29) is 11.9 Å². The normalized spacial score (nSPS) is 28.5. The SMILES string of the molecule is CC1CCC(CCNC(=O)C(C)N)CC1. The van der Waals surface area contributed by atoms with Crippen LogP contribution in [0.3, 0.4) is 0 Å². The number of carbonyl (C=O) groups excluding carboxylic acids is 1. The van der Waals surface area contributed by atoms with Crippen molar-refractivity contribution in [3.63, 3.8) is 0 Å². The molecular formula is C12H24N2O. The van der Waals surface area contributed by atoms with Gasteiger partial charge >= 0.3 is 0 Å². The largest absolute Gasteiger partial charge is 0.355 e. The van der Waals surface area contributed by atoms with Crippen molar-refractivity contribution in [3.8, 4) is 0 Å². The summed E-state index contributed by atoms with van der Waals surface area (Å²) in [6, 6.07) is -0.378. The van der Waals surface area contributed by atoms with Crippen LogP contribution in [-0.2, 0) is 4.79 Å². The Morgan fingerprint density at radius 1 is 1.40 bits per heavy atom. The van der Waals surface area contributed by atoms with Crippen molar-refractivity contribution in [1.82, 2.24) is 5.32 Å². The van der Waals surface area contributed by atoms with E-state index in [2.05, 4.69) is 12.2 Å². The molecule has 0 spiro atoms. The molecule has 1 fully saturated rings. The summed E-state index contributed by atoms with van der Waals surface area (Å²) in [5.41, 5.74) is 5.46. The molecule has 1 amide bonds. The Morgan fingerprint density at radius 2 is 2.00 bits per heavy atom. The zero-order chi connectivity index (χ0) is 11.3. The van der Waals surface area contributed by atoms with Gasteiger partial charge in [-0.1, -0.05) is 32.6 Å². The van der Waals surface area contributed by atoms with Crippen LogP contribution >= 0.6 is 0 Å². The molecule has 0 radical (unpaired) electrons. The first-order chi connectivity index (χ1) is 7.09. The maximum absolute atomic E-state index is 11.2. The topological polar surface area (TPSA) is 55.1 Å². The van der Waals surface area contributed by atoms with Gasteiger partial charge in [-0.15, -0.1) is 0 Å². The smallest absolute Gasteiger partial charge is 0.236 e. The van der Waals surface area contributed by atoms with Crippen LogP contribution in [0.4, 0.5) is 0 Å². The second-order valence-electron chi connectivity index (χ2n) is 4.99. The van der Waals surface area contributed by atoms with Crippen molar-refractivity contribution in [2.24, 2.45) is 17.6 Å². The Balaban J connectivity index is 2.08.